The first-order valence-electron chi connectivity index (χ1n) is 6.20. The van der Waals surface area contributed by atoms with Crippen molar-refractivity contribution >= 4 is 11.5 Å². The third kappa shape index (κ3) is 2.50. The molecule has 0 aliphatic rings. The number of nitrogens with one attached hydrogen (secondary N) is 1. The van der Waals surface area contributed by atoms with E-state index in [2.05, 4.69) is 15.0 Å². The molecule has 0 saturated heterocycles. The highest BCUT2D eigenvalue weighted by molar-refractivity contribution is 6.01. The van der Waals surface area contributed by atoms with Gasteiger partial charge in [0.25, 0.3) is 5.56 Å². The minimum atomic E-state index is -0.425. The van der Waals surface area contributed by atoms with E-state index >= 15 is 0 Å². The van der Waals surface area contributed by atoms with Crippen LogP contribution in [0.25, 0.3) is 11.4 Å². The lowest BCUT2D eigenvalue weighted by molar-refractivity contribution is -0.543. The number of quaternary nitrogens is 1. The molecular formula is C14H16FN4O+. The summed E-state index contributed by atoms with van der Waals surface area (Å²) in [7, 11) is 3.39. The van der Waals surface area contributed by atoms with Crippen molar-refractivity contribution in [2.75, 3.05) is 14.1 Å². The van der Waals surface area contributed by atoms with E-state index in [4.69, 9.17) is 0 Å². The lowest BCUT2D eigenvalue weighted by atomic mass is 10.1. The average molecular weight is 275 g/mol. The predicted octanol–water partition coefficient (Wildman–Crippen LogP) is 0.840. The van der Waals surface area contributed by atoms with E-state index in [1.54, 1.807) is 44.5 Å². The first kappa shape index (κ1) is 14.1. The predicted molar refractivity (Wildman–Crippen MR) is 75.9 cm³/mol. The first-order chi connectivity index (χ1) is 9.58. The molecule has 0 spiro atoms. The third-order valence-electron chi connectivity index (χ3n) is 3.05. The van der Waals surface area contributed by atoms with Gasteiger partial charge in [0, 0.05) is 7.05 Å². The van der Waals surface area contributed by atoms with E-state index in [0.717, 1.165) is 0 Å². The first-order valence-corrected chi connectivity index (χ1v) is 6.20. The summed E-state index contributed by atoms with van der Waals surface area (Å²) in [5.74, 6) is 0.287. The van der Waals surface area contributed by atoms with E-state index in [1.165, 1.54) is 6.07 Å². The quantitative estimate of drug-likeness (QED) is 0.815. The number of hydrogen-bond donors (Lipinski definition) is 2. The van der Waals surface area contributed by atoms with Crippen LogP contribution in [-0.4, -0.2) is 29.8 Å². The summed E-state index contributed by atoms with van der Waals surface area (Å²) in [6, 6.07) is 6.19. The van der Waals surface area contributed by atoms with Crippen LogP contribution in [0.1, 0.15) is 12.5 Å². The number of aliphatic imine (C=N–C) groups is 1. The van der Waals surface area contributed by atoms with Gasteiger partial charge in [-0.1, -0.05) is 12.1 Å². The van der Waals surface area contributed by atoms with Crippen LogP contribution >= 0.6 is 0 Å². The summed E-state index contributed by atoms with van der Waals surface area (Å²) in [5, 5.41) is 1.71. The van der Waals surface area contributed by atoms with Gasteiger partial charge < -0.3 is 4.98 Å². The lowest BCUT2D eigenvalue weighted by Crippen LogP contribution is -2.74. The summed E-state index contributed by atoms with van der Waals surface area (Å²) in [6.45, 7) is 1.74. The number of nitrogens with two attached hydrogens (primary N) is 1. The van der Waals surface area contributed by atoms with Crippen molar-refractivity contribution in [2.45, 2.75) is 6.92 Å². The molecule has 20 heavy (non-hydrogen) atoms. The molecule has 5 nitrogen and oxygen atoms in total. The van der Waals surface area contributed by atoms with Crippen LogP contribution in [0, 0.1) is 5.82 Å². The fourth-order valence-electron chi connectivity index (χ4n) is 1.94. The monoisotopic (exact) mass is 275 g/mol. The van der Waals surface area contributed by atoms with Crippen LogP contribution in [0.15, 0.2) is 34.1 Å². The van der Waals surface area contributed by atoms with Crippen LogP contribution in [-0.2, 0) is 0 Å². The Hall–Kier alpha value is -2.34. The number of rotatable bonds is 3. The lowest BCUT2D eigenvalue weighted by Gasteiger charge is -2.07. The van der Waals surface area contributed by atoms with Gasteiger partial charge in [0.1, 0.15) is 17.2 Å². The van der Waals surface area contributed by atoms with Crippen molar-refractivity contribution in [3.63, 3.8) is 0 Å². The zero-order chi connectivity index (χ0) is 14.7. The molecule has 0 unspecified atom stereocenters. The van der Waals surface area contributed by atoms with Crippen molar-refractivity contribution in [3.8, 4) is 11.4 Å². The molecule has 0 aliphatic carbocycles. The zero-order valence-corrected chi connectivity index (χ0v) is 11.6. The molecule has 0 radical (unpaired) electrons. The van der Waals surface area contributed by atoms with Crippen molar-refractivity contribution in [2.24, 2.45) is 4.99 Å². The number of H-pyrrole nitrogens is 1. The van der Waals surface area contributed by atoms with Gasteiger partial charge in [0.05, 0.1) is 18.3 Å². The SMILES string of the molecule is CN=C(C)c1c([NH2+]C)nc(-c2ccccc2F)[nH]c1=O. The molecule has 0 amide bonds. The summed E-state index contributed by atoms with van der Waals surface area (Å²) in [4.78, 5) is 23.1. The Kier molecular flexibility index (Phi) is 4.05. The molecule has 1 aromatic carbocycles. The van der Waals surface area contributed by atoms with Crippen LogP contribution in [0.5, 0.6) is 0 Å². The Labute approximate surface area is 115 Å². The fourth-order valence-corrected chi connectivity index (χ4v) is 1.94. The van der Waals surface area contributed by atoms with E-state index in [0.29, 0.717) is 17.1 Å². The minimum Gasteiger partial charge on any atom is -0.305 e. The highest BCUT2D eigenvalue weighted by atomic mass is 19.1. The molecule has 1 heterocycles. The Morgan fingerprint density at radius 2 is 2.10 bits per heavy atom. The molecule has 0 saturated carbocycles. The molecule has 6 heteroatoms. The number of hydrogen-bond acceptors (Lipinski definition) is 3. The number of aromatic nitrogens is 2. The fraction of sp³-hybridized carbons (Fsp3) is 0.214. The van der Waals surface area contributed by atoms with Crippen LogP contribution in [0.2, 0.25) is 0 Å². The smallest absolute Gasteiger partial charge is 0.266 e. The molecular weight excluding hydrogens is 259 g/mol. The number of halogens is 1. The molecule has 1 aromatic heterocycles. The molecule has 0 atom stereocenters. The van der Waals surface area contributed by atoms with Gasteiger partial charge in [-0.15, -0.1) is 0 Å². The van der Waals surface area contributed by atoms with E-state index in [1.807, 2.05) is 0 Å². The molecule has 2 rings (SSSR count). The minimum absolute atomic E-state index is 0.217. The number of aromatic amines is 1. The largest absolute Gasteiger partial charge is 0.305 e. The Bertz CT molecular complexity index is 721. The normalized spacial score (nSPS) is 11.7. The third-order valence-corrected chi connectivity index (χ3v) is 3.05. The van der Waals surface area contributed by atoms with E-state index in [-0.39, 0.29) is 16.9 Å². The van der Waals surface area contributed by atoms with Crippen molar-refractivity contribution in [3.05, 3.63) is 46.0 Å². The van der Waals surface area contributed by atoms with Crippen LogP contribution in [0.4, 0.5) is 10.2 Å². The van der Waals surface area contributed by atoms with Crippen molar-refractivity contribution in [1.29, 1.82) is 0 Å². The maximum atomic E-state index is 13.8. The molecule has 0 bridgehead atoms. The molecule has 104 valence electrons. The van der Waals surface area contributed by atoms with Gasteiger partial charge in [-0.2, -0.15) is 4.98 Å². The molecule has 2 aromatic rings. The summed E-state index contributed by atoms with van der Waals surface area (Å²) in [6.07, 6.45) is 0. The zero-order valence-electron chi connectivity index (χ0n) is 11.6. The second kappa shape index (κ2) is 5.75. The van der Waals surface area contributed by atoms with Gasteiger partial charge in [-0.3, -0.25) is 15.1 Å². The maximum absolute atomic E-state index is 13.8. The van der Waals surface area contributed by atoms with Gasteiger partial charge >= 0.3 is 0 Å². The topological polar surface area (TPSA) is 74.7 Å². The molecule has 0 aliphatic heterocycles. The van der Waals surface area contributed by atoms with Gasteiger partial charge in [0.2, 0.25) is 5.82 Å². The second-order valence-corrected chi connectivity index (χ2v) is 4.25. The van der Waals surface area contributed by atoms with Gasteiger partial charge in [-0.25, -0.2) is 4.39 Å². The molecule has 3 N–H and O–H groups in total. The van der Waals surface area contributed by atoms with Gasteiger partial charge in [0.15, 0.2) is 0 Å². The second-order valence-electron chi connectivity index (χ2n) is 4.25. The highest BCUT2D eigenvalue weighted by Gasteiger charge is 2.18. The standard InChI is InChI=1S/C14H15FN4O/c1-8(16-2)11-13(17-3)18-12(19-14(11)20)9-6-4-5-7-10(9)15/h4-7H,1-3H3,(H2,17,18,19,20)/p+1. The summed E-state index contributed by atoms with van der Waals surface area (Å²) in [5.41, 5.74) is 0.946. The average Bonchev–Trinajstić information content (AvgIpc) is 2.46. The summed E-state index contributed by atoms with van der Waals surface area (Å²) >= 11 is 0. The van der Waals surface area contributed by atoms with E-state index < -0.39 is 5.82 Å². The summed E-state index contributed by atoms with van der Waals surface area (Å²) < 4.78 is 13.8. The number of benzene rings is 1. The highest BCUT2D eigenvalue weighted by Crippen LogP contribution is 2.18. The maximum Gasteiger partial charge on any atom is 0.266 e. The Morgan fingerprint density at radius 3 is 2.70 bits per heavy atom. The van der Waals surface area contributed by atoms with Gasteiger partial charge in [-0.05, 0) is 19.1 Å². The van der Waals surface area contributed by atoms with Crippen molar-refractivity contribution < 1.29 is 9.71 Å². The van der Waals surface area contributed by atoms with Crippen LogP contribution < -0.4 is 10.9 Å². The van der Waals surface area contributed by atoms with Crippen molar-refractivity contribution in [1.82, 2.24) is 9.97 Å². The van der Waals surface area contributed by atoms with Crippen LogP contribution in [0.3, 0.4) is 0 Å². The molecule has 0 fully saturated rings. The Morgan fingerprint density at radius 1 is 1.40 bits per heavy atom. The van der Waals surface area contributed by atoms with E-state index in [9.17, 15) is 9.18 Å². The Balaban J connectivity index is 2.69. The number of nitrogens with zero attached hydrogens (tertiary/aromatic N) is 2.